The Morgan fingerprint density at radius 1 is 1.12 bits per heavy atom. The zero-order valence-corrected chi connectivity index (χ0v) is 14.4. The minimum absolute atomic E-state index is 0.307. The quantitative estimate of drug-likeness (QED) is 0.751. The summed E-state index contributed by atoms with van der Waals surface area (Å²) in [5, 5.41) is 12.2. The molecule has 6 nitrogen and oxygen atoms in total. The fourth-order valence-corrected chi connectivity index (χ4v) is 2.49. The molecule has 24 heavy (non-hydrogen) atoms. The average Bonchev–Trinajstić information content (AvgIpc) is 3.17. The van der Waals surface area contributed by atoms with Gasteiger partial charge in [0.1, 0.15) is 5.02 Å². The average molecular weight is 364 g/mol. The van der Waals surface area contributed by atoms with E-state index in [0.717, 1.165) is 5.56 Å². The molecule has 0 aliphatic rings. The minimum atomic E-state index is -0.346. The molecular formula is C16H15Cl2N5O. The first-order chi connectivity index (χ1) is 11.5. The molecule has 1 amide bonds. The second-order valence-corrected chi connectivity index (χ2v) is 6.00. The maximum Gasteiger partial charge on any atom is 0.277 e. The van der Waals surface area contributed by atoms with E-state index < -0.39 is 0 Å². The first kappa shape index (κ1) is 16.5. The first-order valence-electron chi connectivity index (χ1n) is 7.37. The van der Waals surface area contributed by atoms with Crippen molar-refractivity contribution < 1.29 is 4.79 Å². The Hall–Kier alpha value is -2.31. The van der Waals surface area contributed by atoms with E-state index in [9.17, 15) is 4.79 Å². The van der Waals surface area contributed by atoms with Gasteiger partial charge in [0, 0.05) is 24.0 Å². The number of aromatic nitrogens is 4. The Balaban J connectivity index is 1.71. The van der Waals surface area contributed by atoms with Crippen LogP contribution in [0.5, 0.6) is 0 Å². The smallest absolute Gasteiger partial charge is 0.277 e. The van der Waals surface area contributed by atoms with Gasteiger partial charge in [-0.25, -0.2) is 0 Å². The van der Waals surface area contributed by atoms with Gasteiger partial charge in [-0.15, -0.1) is 0 Å². The number of aryl methyl sites for hydroxylation is 1. The van der Waals surface area contributed by atoms with Crippen molar-refractivity contribution in [2.24, 2.45) is 0 Å². The van der Waals surface area contributed by atoms with Crippen LogP contribution in [-0.2, 0) is 13.1 Å². The van der Waals surface area contributed by atoms with Crippen molar-refractivity contribution in [3.05, 3.63) is 64.0 Å². The summed E-state index contributed by atoms with van der Waals surface area (Å²) in [6.07, 6.45) is 3.41. The standard InChI is InChI=1S/C16H15Cl2N5O/c1-2-22-8-7-14(20-22)16(24)19-15-13(18)10-23(21-15)9-11-3-5-12(17)6-4-11/h3-8,10H,2,9H2,1H3,(H,19,21,24). The maximum atomic E-state index is 12.2. The van der Waals surface area contributed by atoms with Gasteiger partial charge in [0.25, 0.3) is 5.91 Å². The van der Waals surface area contributed by atoms with Crippen molar-refractivity contribution in [1.82, 2.24) is 19.6 Å². The van der Waals surface area contributed by atoms with Gasteiger partial charge in [-0.1, -0.05) is 35.3 Å². The number of nitrogens with one attached hydrogen (secondary N) is 1. The second kappa shape index (κ2) is 7.07. The molecule has 0 spiro atoms. The van der Waals surface area contributed by atoms with E-state index in [1.54, 1.807) is 27.8 Å². The van der Waals surface area contributed by atoms with E-state index in [-0.39, 0.29) is 5.91 Å². The Bertz CT molecular complexity index is 854. The number of carbonyl (C=O) groups excluding carboxylic acids is 1. The molecule has 8 heteroatoms. The number of benzene rings is 1. The van der Waals surface area contributed by atoms with E-state index in [4.69, 9.17) is 23.2 Å². The molecular weight excluding hydrogens is 349 g/mol. The highest BCUT2D eigenvalue weighted by Crippen LogP contribution is 2.21. The number of amides is 1. The van der Waals surface area contributed by atoms with E-state index in [0.29, 0.717) is 34.6 Å². The lowest BCUT2D eigenvalue weighted by Crippen LogP contribution is -2.14. The highest BCUT2D eigenvalue weighted by molar-refractivity contribution is 6.33. The number of hydrogen-bond donors (Lipinski definition) is 1. The van der Waals surface area contributed by atoms with Gasteiger partial charge in [0.15, 0.2) is 11.5 Å². The third-order valence-corrected chi connectivity index (χ3v) is 3.93. The van der Waals surface area contributed by atoms with Crippen molar-refractivity contribution in [2.45, 2.75) is 20.0 Å². The number of carbonyl (C=O) groups is 1. The molecule has 0 bridgehead atoms. The molecule has 0 atom stereocenters. The van der Waals surface area contributed by atoms with Crippen LogP contribution in [0.1, 0.15) is 23.0 Å². The lowest BCUT2D eigenvalue weighted by Gasteiger charge is -2.02. The largest absolute Gasteiger partial charge is 0.302 e. The zero-order valence-electron chi connectivity index (χ0n) is 12.9. The second-order valence-electron chi connectivity index (χ2n) is 5.16. The van der Waals surface area contributed by atoms with Crippen molar-refractivity contribution in [2.75, 3.05) is 5.32 Å². The van der Waals surface area contributed by atoms with Crippen LogP contribution in [0.4, 0.5) is 5.82 Å². The summed E-state index contributed by atoms with van der Waals surface area (Å²) < 4.78 is 3.33. The topological polar surface area (TPSA) is 64.7 Å². The summed E-state index contributed by atoms with van der Waals surface area (Å²) in [6.45, 7) is 3.17. The summed E-state index contributed by atoms with van der Waals surface area (Å²) in [5.41, 5.74) is 1.35. The summed E-state index contributed by atoms with van der Waals surface area (Å²) >= 11 is 12.0. The molecule has 0 fully saturated rings. The maximum absolute atomic E-state index is 12.2. The third-order valence-electron chi connectivity index (χ3n) is 3.40. The Morgan fingerprint density at radius 2 is 1.88 bits per heavy atom. The van der Waals surface area contributed by atoms with Crippen LogP contribution < -0.4 is 5.32 Å². The molecule has 0 radical (unpaired) electrons. The minimum Gasteiger partial charge on any atom is -0.302 e. The van der Waals surface area contributed by atoms with Gasteiger partial charge >= 0.3 is 0 Å². The molecule has 1 N–H and O–H groups in total. The van der Waals surface area contributed by atoms with Crippen molar-refractivity contribution >= 4 is 34.9 Å². The highest BCUT2D eigenvalue weighted by Gasteiger charge is 2.14. The Morgan fingerprint density at radius 3 is 2.54 bits per heavy atom. The molecule has 2 aromatic heterocycles. The van der Waals surface area contributed by atoms with Crippen LogP contribution in [0.15, 0.2) is 42.7 Å². The van der Waals surface area contributed by atoms with Gasteiger partial charge in [-0.05, 0) is 30.7 Å². The summed E-state index contributed by atoms with van der Waals surface area (Å²) in [6, 6.07) is 9.10. The third kappa shape index (κ3) is 3.77. The number of hydrogen-bond acceptors (Lipinski definition) is 3. The number of halogens is 2. The highest BCUT2D eigenvalue weighted by atomic mass is 35.5. The molecule has 3 aromatic rings. The molecule has 3 rings (SSSR count). The summed E-state index contributed by atoms with van der Waals surface area (Å²) in [4.78, 5) is 12.2. The molecule has 1 aromatic carbocycles. The number of nitrogens with zero attached hydrogens (tertiary/aromatic N) is 4. The number of rotatable bonds is 5. The van der Waals surface area contributed by atoms with Crippen molar-refractivity contribution in [3.8, 4) is 0 Å². The van der Waals surface area contributed by atoms with Crippen LogP contribution in [0, 0.1) is 0 Å². The van der Waals surface area contributed by atoms with Gasteiger partial charge in [-0.2, -0.15) is 10.2 Å². The Labute approximate surface area is 149 Å². The van der Waals surface area contributed by atoms with Gasteiger partial charge in [0.2, 0.25) is 0 Å². The molecule has 0 aliphatic heterocycles. The molecule has 0 saturated carbocycles. The normalized spacial score (nSPS) is 10.8. The predicted molar refractivity (Wildman–Crippen MR) is 93.6 cm³/mol. The first-order valence-corrected chi connectivity index (χ1v) is 8.13. The van der Waals surface area contributed by atoms with E-state index in [1.807, 2.05) is 31.2 Å². The molecule has 124 valence electrons. The van der Waals surface area contributed by atoms with E-state index >= 15 is 0 Å². The van der Waals surface area contributed by atoms with Crippen molar-refractivity contribution in [1.29, 1.82) is 0 Å². The molecule has 0 saturated heterocycles. The molecule has 0 aliphatic carbocycles. The predicted octanol–water partition coefficient (Wildman–Crippen LogP) is 3.71. The SMILES string of the molecule is CCn1ccc(C(=O)Nc2nn(Cc3ccc(Cl)cc3)cc2Cl)n1. The van der Waals surface area contributed by atoms with E-state index in [1.165, 1.54) is 0 Å². The lowest BCUT2D eigenvalue weighted by molar-refractivity contribution is 0.102. The fraction of sp³-hybridized carbons (Fsp3) is 0.188. The zero-order chi connectivity index (χ0) is 17.1. The monoisotopic (exact) mass is 363 g/mol. The van der Waals surface area contributed by atoms with Crippen molar-refractivity contribution in [3.63, 3.8) is 0 Å². The lowest BCUT2D eigenvalue weighted by atomic mass is 10.2. The fourth-order valence-electron chi connectivity index (χ4n) is 2.17. The molecule has 2 heterocycles. The van der Waals surface area contributed by atoms with Gasteiger partial charge in [0.05, 0.1) is 6.54 Å². The summed E-state index contributed by atoms with van der Waals surface area (Å²) in [7, 11) is 0. The Kier molecular flexibility index (Phi) is 4.87. The van der Waals surface area contributed by atoms with Crippen LogP contribution in [0.3, 0.4) is 0 Å². The van der Waals surface area contributed by atoms with E-state index in [2.05, 4.69) is 15.5 Å². The van der Waals surface area contributed by atoms with Crippen LogP contribution in [0.2, 0.25) is 10.0 Å². The van der Waals surface area contributed by atoms with Gasteiger partial charge in [-0.3, -0.25) is 14.2 Å². The number of anilines is 1. The van der Waals surface area contributed by atoms with Crippen LogP contribution in [0.25, 0.3) is 0 Å². The van der Waals surface area contributed by atoms with Crippen LogP contribution >= 0.6 is 23.2 Å². The summed E-state index contributed by atoms with van der Waals surface area (Å²) in [5.74, 6) is -0.0393. The van der Waals surface area contributed by atoms with Crippen LogP contribution in [-0.4, -0.2) is 25.5 Å². The van der Waals surface area contributed by atoms with Gasteiger partial charge < -0.3 is 5.32 Å². The molecule has 0 unspecified atom stereocenters.